The van der Waals surface area contributed by atoms with Crippen LogP contribution in [0.1, 0.15) is 0 Å². The Bertz CT molecular complexity index is 892. The maximum Gasteiger partial charge on any atom is 0.223 e. The van der Waals surface area contributed by atoms with Gasteiger partial charge in [0.25, 0.3) is 0 Å². The molecule has 4 aromatic rings. The number of benzene rings is 1. The van der Waals surface area contributed by atoms with E-state index in [1.807, 2.05) is 46.6 Å². The first-order valence-electron chi connectivity index (χ1n) is 5.77. The maximum absolute atomic E-state index is 5.78. The molecular formula is C13H9N5S. The van der Waals surface area contributed by atoms with Crippen molar-refractivity contribution in [3.63, 3.8) is 0 Å². The van der Waals surface area contributed by atoms with Crippen LogP contribution in [0.5, 0.6) is 0 Å². The molecule has 5 nitrogen and oxygen atoms in total. The van der Waals surface area contributed by atoms with Crippen LogP contribution in [0.3, 0.4) is 0 Å². The topological polar surface area (TPSA) is 69.6 Å². The first-order valence-corrected chi connectivity index (χ1v) is 6.65. The van der Waals surface area contributed by atoms with Gasteiger partial charge >= 0.3 is 0 Å². The molecule has 0 saturated heterocycles. The minimum Gasteiger partial charge on any atom is -0.368 e. The Morgan fingerprint density at radius 2 is 2.00 bits per heavy atom. The molecule has 3 heterocycles. The highest BCUT2D eigenvalue weighted by atomic mass is 32.1. The van der Waals surface area contributed by atoms with Crippen molar-refractivity contribution in [1.29, 1.82) is 0 Å². The molecule has 3 aromatic heterocycles. The molecule has 2 N–H and O–H groups in total. The summed E-state index contributed by atoms with van der Waals surface area (Å²) in [4.78, 5) is 9.45. The Morgan fingerprint density at radius 1 is 1.11 bits per heavy atom. The third-order valence-electron chi connectivity index (χ3n) is 3.00. The standard InChI is InChI=1S/C13H9N5S/c14-13-16-11(9-5-6-19-12(9)17-13)18-10-4-2-1-3-8(10)7-15-18/h1-7H,(H2,14,16,17). The van der Waals surface area contributed by atoms with Crippen molar-refractivity contribution in [2.24, 2.45) is 0 Å². The lowest BCUT2D eigenvalue weighted by atomic mass is 10.2. The first-order chi connectivity index (χ1) is 9.33. The Hall–Kier alpha value is -2.47. The van der Waals surface area contributed by atoms with Gasteiger partial charge in [-0.15, -0.1) is 11.3 Å². The van der Waals surface area contributed by atoms with Gasteiger partial charge in [0, 0.05) is 5.39 Å². The molecule has 0 radical (unpaired) electrons. The predicted octanol–water partition coefficient (Wildman–Crippen LogP) is 2.61. The molecule has 0 amide bonds. The lowest BCUT2D eigenvalue weighted by Crippen LogP contribution is -2.04. The normalized spacial score (nSPS) is 11.4. The number of aromatic nitrogens is 4. The van der Waals surface area contributed by atoms with Gasteiger partial charge in [-0.2, -0.15) is 10.1 Å². The van der Waals surface area contributed by atoms with Crippen LogP contribution in [-0.2, 0) is 0 Å². The Labute approximate surface area is 112 Å². The number of hydrogen-bond acceptors (Lipinski definition) is 5. The zero-order valence-electron chi connectivity index (χ0n) is 9.82. The van der Waals surface area contributed by atoms with Gasteiger partial charge in [0.1, 0.15) is 4.83 Å². The molecule has 0 aliphatic carbocycles. The molecule has 0 atom stereocenters. The van der Waals surface area contributed by atoms with Crippen molar-refractivity contribution in [3.8, 4) is 5.82 Å². The van der Waals surface area contributed by atoms with Gasteiger partial charge < -0.3 is 5.73 Å². The zero-order valence-corrected chi connectivity index (χ0v) is 10.6. The summed E-state index contributed by atoms with van der Waals surface area (Å²) in [5.41, 5.74) is 6.78. The second kappa shape index (κ2) is 3.76. The third-order valence-corrected chi connectivity index (χ3v) is 3.81. The molecular weight excluding hydrogens is 258 g/mol. The summed E-state index contributed by atoms with van der Waals surface area (Å²) in [6.07, 6.45) is 1.83. The molecule has 4 rings (SSSR count). The fourth-order valence-corrected chi connectivity index (χ4v) is 2.92. The van der Waals surface area contributed by atoms with E-state index in [-0.39, 0.29) is 5.95 Å². The molecule has 0 aliphatic heterocycles. The van der Waals surface area contributed by atoms with E-state index in [2.05, 4.69) is 15.1 Å². The fraction of sp³-hybridized carbons (Fsp3) is 0. The Morgan fingerprint density at radius 3 is 2.95 bits per heavy atom. The minimum atomic E-state index is 0.268. The van der Waals surface area contributed by atoms with Crippen LogP contribution in [0.25, 0.3) is 26.9 Å². The van der Waals surface area contributed by atoms with Gasteiger partial charge in [0.2, 0.25) is 5.95 Å². The van der Waals surface area contributed by atoms with Gasteiger partial charge in [-0.05, 0) is 17.5 Å². The summed E-state index contributed by atoms with van der Waals surface area (Å²) in [5.74, 6) is 0.995. The van der Waals surface area contributed by atoms with Crippen molar-refractivity contribution < 1.29 is 0 Å². The summed E-state index contributed by atoms with van der Waals surface area (Å²) in [5, 5.41) is 8.43. The van der Waals surface area contributed by atoms with E-state index in [9.17, 15) is 0 Å². The molecule has 0 aliphatic rings. The molecule has 19 heavy (non-hydrogen) atoms. The number of nitrogens with zero attached hydrogens (tertiary/aromatic N) is 4. The molecule has 0 unspecified atom stereocenters. The van der Waals surface area contributed by atoms with E-state index in [1.165, 1.54) is 0 Å². The second-order valence-electron chi connectivity index (χ2n) is 4.16. The van der Waals surface area contributed by atoms with Crippen LogP contribution in [0, 0.1) is 0 Å². The molecule has 6 heteroatoms. The summed E-state index contributed by atoms with van der Waals surface area (Å²) < 4.78 is 1.81. The number of para-hydroxylation sites is 1. The highest BCUT2D eigenvalue weighted by Crippen LogP contribution is 2.26. The average molecular weight is 267 g/mol. The summed E-state index contributed by atoms with van der Waals surface area (Å²) in [6.45, 7) is 0. The summed E-state index contributed by atoms with van der Waals surface area (Å²) in [6, 6.07) is 10.00. The van der Waals surface area contributed by atoms with Crippen LogP contribution in [-0.4, -0.2) is 19.7 Å². The second-order valence-corrected chi connectivity index (χ2v) is 5.05. The van der Waals surface area contributed by atoms with Gasteiger partial charge in [0.15, 0.2) is 5.82 Å². The van der Waals surface area contributed by atoms with E-state index in [0.29, 0.717) is 0 Å². The first kappa shape index (κ1) is 10.5. The highest BCUT2D eigenvalue weighted by Gasteiger charge is 2.12. The largest absolute Gasteiger partial charge is 0.368 e. The Kier molecular flexibility index (Phi) is 2.07. The number of fused-ring (bicyclic) bond motifs is 2. The number of hydrogen-bond donors (Lipinski definition) is 1. The van der Waals surface area contributed by atoms with Gasteiger partial charge in [-0.25, -0.2) is 9.67 Å². The van der Waals surface area contributed by atoms with Crippen LogP contribution in [0.15, 0.2) is 41.9 Å². The molecule has 0 fully saturated rings. The number of nitrogens with two attached hydrogens (primary N) is 1. The van der Waals surface area contributed by atoms with Gasteiger partial charge in [-0.3, -0.25) is 0 Å². The maximum atomic E-state index is 5.78. The monoisotopic (exact) mass is 267 g/mol. The van der Waals surface area contributed by atoms with E-state index in [0.717, 1.165) is 26.9 Å². The summed E-state index contributed by atoms with van der Waals surface area (Å²) in [7, 11) is 0. The van der Waals surface area contributed by atoms with E-state index in [4.69, 9.17) is 5.73 Å². The van der Waals surface area contributed by atoms with Crippen LogP contribution >= 0.6 is 11.3 Å². The van der Waals surface area contributed by atoms with Crippen LogP contribution in [0.2, 0.25) is 0 Å². The third kappa shape index (κ3) is 1.50. The highest BCUT2D eigenvalue weighted by molar-refractivity contribution is 7.16. The lowest BCUT2D eigenvalue weighted by Gasteiger charge is -2.04. The van der Waals surface area contributed by atoms with Gasteiger partial charge in [0.05, 0.1) is 17.1 Å². The van der Waals surface area contributed by atoms with Crippen molar-refractivity contribution in [2.45, 2.75) is 0 Å². The van der Waals surface area contributed by atoms with E-state index < -0.39 is 0 Å². The molecule has 92 valence electrons. The summed E-state index contributed by atoms with van der Waals surface area (Å²) >= 11 is 1.55. The number of nitrogen functional groups attached to an aromatic ring is 1. The Balaban J connectivity index is 2.11. The van der Waals surface area contributed by atoms with Crippen molar-refractivity contribution in [1.82, 2.24) is 19.7 Å². The number of anilines is 1. The van der Waals surface area contributed by atoms with E-state index in [1.54, 1.807) is 11.3 Å². The molecule has 0 spiro atoms. The lowest BCUT2D eigenvalue weighted by molar-refractivity contribution is 0.882. The predicted molar refractivity (Wildman–Crippen MR) is 76.5 cm³/mol. The smallest absolute Gasteiger partial charge is 0.223 e. The molecule has 0 saturated carbocycles. The van der Waals surface area contributed by atoms with Crippen molar-refractivity contribution >= 4 is 38.4 Å². The van der Waals surface area contributed by atoms with Gasteiger partial charge in [-0.1, -0.05) is 18.2 Å². The zero-order chi connectivity index (χ0) is 12.8. The quantitative estimate of drug-likeness (QED) is 0.575. The minimum absolute atomic E-state index is 0.268. The van der Waals surface area contributed by atoms with E-state index >= 15 is 0 Å². The molecule has 1 aromatic carbocycles. The fourth-order valence-electron chi connectivity index (χ4n) is 2.16. The van der Waals surface area contributed by atoms with Crippen LogP contribution < -0.4 is 5.73 Å². The van der Waals surface area contributed by atoms with Crippen molar-refractivity contribution in [3.05, 3.63) is 41.9 Å². The number of thiophene rings is 1. The van der Waals surface area contributed by atoms with Crippen molar-refractivity contribution in [2.75, 3.05) is 5.73 Å². The molecule has 0 bridgehead atoms. The number of rotatable bonds is 1. The van der Waals surface area contributed by atoms with Crippen LogP contribution in [0.4, 0.5) is 5.95 Å². The average Bonchev–Trinajstić information content (AvgIpc) is 3.03. The SMILES string of the molecule is Nc1nc(-n2ncc3ccccc32)c2ccsc2n1.